The molecule has 1 rings (SSSR count). The Bertz CT molecular complexity index is 770. The van der Waals surface area contributed by atoms with E-state index in [-0.39, 0.29) is 0 Å². The lowest BCUT2D eigenvalue weighted by molar-refractivity contribution is -0.278. The Morgan fingerprint density at radius 1 is 0.879 bits per heavy atom. The minimum atomic E-state index is -1.46. The lowest BCUT2D eigenvalue weighted by Crippen LogP contribution is -2.67. The Labute approximate surface area is 189 Å². The smallest absolute Gasteiger partial charge is 0.328 e. The lowest BCUT2D eigenvalue weighted by Gasteiger charge is -2.45. The molecule has 14 heteroatoms. The van der Waals surface area contributed by atoms with Gasteiger partial charge < -0.3 is 39.4 Å². The summed E-state index contributed by atoms with van der Waals surface area (Å²) in [5.41, 5.74) is 0. The van der Waals surface area contributed by atoms with Crippen molar-refractivity contribution in [2.75, 3.05) is 13.2 Å². The van der Waals surface area contributed by atoms with Gasteiger partial charge in [-0.05, 0) is 0 Å². The fourth-order valence-electron chi connectivity index (χ4n) is 3.04. The number of carboxylic acid groups (broad SMARTS) is 1. The Morgan fingerprint density at radius 3 is 1.91 bits per heavy atom. The van der Waals surface area contributed by atoms with Crippen molar-refractivity contribution in [2.24, 2.45) is 0 Å². The number of aliphatic carboxylic acids is 1. The summed E-state index contributed by atoms with van der Waals surface area (Å²) in [6.45, 7) is 4.54. The molecule has 33 heavy (non-hydrogen) atoms. The maximum absolute atomic E-state index is 11.8. The Morgan fingerprint density at radius 2 is 1.45 bits per heavy atom. The molecule has 0 aromatic rings. The molecule has 3 N–H and O–H groups in total. The third-order valence-corrected chi connectivity index (χ3v) is 4.17. The molecule has 0 spiro atoms. The van der Waals surface area contributed by atoms with Crippen LogP contribution in [0.2, 0.25) is 0 Å². The highest BCUT2D eigenvalue weighted by Gasteiger charge is 2.51. The number of ether oxygens (including phenoxy) is 5. The number of hydrogen-bond donors (Lipinski definition) is 3. The molecule has 0 aliphatic carbocycles. The molecule has 6 atom stereocenters. The second kappa shape index (κ2) is 12.7. The first kappa shape index (κ1) is 27.8. The van der Waals surface area contributed by atoms with Gasteiger partial charge in [0.15, 0.2) is 24.5 Å². The van der Waals surface area contributed by atoms with Gasteiger partial charge in [-0.25, -0.2) is 4.79 Å². The van der Waals surface area contributed by atoms with Crippen LogP contribution in [0.5, 0.6) is 0 Å². The first-order chi connectivity index (χ1) is 15.3. The highest BCUT2D eigenvalue weighted by atomic mass is 16.7. The third-order valence-electron chi connectivity index (χ3n) is 4.17. The normalized spacial score (nSPS) is 25.2. The van der Waals surface area contributed by atoms with Crippen LogP contribution in [-0.2, 0) is 52.5 Å². The third kappa shape index (κ3) is 9.41. The summed E-state index contributed by atoms with van der Waals surface area (Å²) in [5, 5.41) is 13.9. The quantitative estimate of drug-likeness (QED) is 0.238. The highest BCUT2D eigenvalue weighted by Crippen LogP contribution is 2.28. The van der Waals surface area contributed by atoms with Crippen LogP contribution in [0.25, 0.3) is 0 Å². The predicted octanol–water partition coefficient (Wildman–Crippen LogP) is -1.75. The minimum Gasteiger partial charge on any atom is -0.480 e. The van der Waals surface area contributed by atoms with Gasteiger partial charge >= 0.3 is 23.9 Å². The molecule has 1 aliphatic rings. The van der Waals surface area contributed by atoms with Crippen LogP contribution in [0, 0.1) is 0 Å². The fraction of sp³-hybridized carbons (Fsp3) is 0.684. The van der Waals surface area contributed by atoms with E-state index < -0.39 is 85.6 Å². The van der Waals surface area contributed by atoms with Crippen molar-refractivity contribution in [1.29, 1.82) is 0 Å². The van der Waals surface area contributed by atoms with Crippen molar-refractivity contribution in [3.8, 4) is 0 Å². The van der Waals surface area contributed by atoms with Gasteiger partial charge in [-0.3, -0.25) is 24.0 Å². The molecule has 186 valence electrons. The van der Waals surface area contributed by atoms with Crippen molar-refractivity contribution < 1.29 is 57.6 Å². The number of esters is 3. The van der Waals surface area contributed by atoms with E-state index in [1.807, 2.05) is 0 Å². The van der Waals surface area contributed by atoms with Crippen LogP contribution in [0.15, 0.2) is 0 Å². The summed E-state index contributed by atoms with van der Waals surface area (Å²) < 4.78 is 26.7. The monoisotopic (exact) mass is 476 g/mol. The molecule has 2 amide bonds. The van der Waals surface area contributed by atoms with E-state index in [1.165, 1.54) is 0 Å². The molecule has 1 saturated heterocycles. The first-order valence-corrected chi connectivity index (χ1v) is 9.83. The fourth-order valence-corrected chi connectivity index (χ4v) is 3.04. The SMILES string of the molecule is CC(=O)N[C@H]1[C@@H](OC[C@H](NC(C)=O)C(=O)O)O[C@H](COC(C)=O)[C@H](OC(C)=O)[C@@H]1OC(C)=O. The molecule has 1 heterocycles. The van der Waals surface area contributed by atoms with Crippen molar-refractivity contribution in [3.05, 3.63) is 0 Å². The second-order valence-corrected chi connectivity index (χ2v) is 7.14. The van der Waals surface area contributed by atoms with Gasteiger partial charge in [0.1, 0.15) is 18.8 Å². The zero-order valence-corrected chi connectivity index (χ0v) is 18.8. The standard InChI is InChI=1S/C19H28N2O12/c1-8(22)20-13(18(27)28)6-30-19-15(21-9(2)23)17(32-12(5)26)16(31-11(4)25)14(33-19)7-29-10(3)24/h13-17,19H,6-7H2,1-5H3,(H,20,22)(H,21,23)(H,27,28)/t13-,14+,15+,16-,17+,19-/m0/s1. The highest BCUT2D eigenvalue weighted by molar-refractivity contribution is 5.82. The topological polar surface area (TPSA) is 193 Å². The van der Waals surface area contributed by atoms with Crippen molar-refractivity contribution in [3.63, 3.8) is 0 Å². The first-order valence-electron chi connectivity index (χ1n) is 9.83. The average molecular weight is 476 g/mol. The number of carbonyl (C=O) groups is 6. The van der Waals surface area contributed by atoms with Crippen LogP contribution in [-0.4, -0.2) is 90.7 Å². The largest absolute Gasteiger partial charge is 0.480 e. The molecule has 1 aliphatic heterocycles. The van der Waals surface area contributed by atoms with Crippen molar-refractivity contribution in [2.45, 2.75) is 71.3 Å². The van der Waals surface area contributed by atoms with Crippen LogP contribution >= 0.6 is 0 Å². The number of rotatable bonds is 10. The van der Waals surface area contributed by atoms with E-state index >= 15 is 0 Å². The van der Waals surface area contributed by atoms with Crippen LogP contribution < -0.4 is 10.6 Å². The van der Waals surface area contributed by atoms with E-state index in [2.05, 4.69) is 10.6 Å². The minimum absolute atomic E-state index is 0.439. The molecule has 0 unspecified atom stereocenters. The van der Waals surface area contributed by atoms with Gasteiger partial charge in [-0.15, -0.1) is 0 Å². The summed E-state index contributed by atoms with van der Waals surface area (Å²) in [5.74, 6) is -4.86. The number of hydrogen-bond acceptors (Lipinski definition) is 11. The molecule has 14 nitrogen and oxygen atoms in total. The number of carboxylic acids is 1. The van der Waals surface area contributed by atoms with Gasteiger partial charge in [0.25, 0.3) is 0 Å². The van der Waals surface area contributed by atoms with E-state index in [4.69, 9.17) is 23.7 Å². The summed E-state index contributed by atoms with van der Waals surface area (Å²) in [4.78, 5) is 69.2. The predicted molar refractivity (Wildman–Crippen MR) is 105 cm³/mol. The average Bonchev–Trinajstić information content (AvgIpc) is 2.66. The molecular formula is C19H28N2O12. The molecule has 0 aromatic heterocycles. The van der Waals surface area contributed by atoms with Crippen molar-refractivity contribution >= 4 is 35.7 Å². The molecule has 0 aromatic carbocycles. The summed E-state index contributed by atoms with van der Waals surface area (Å²) >= 11 is 0. The van der Waals surface area contributed by atoms with Gasteiger partial charge in [-0.1, -0.05) is 0 Å². The molecule has 0 bridgehead atoms. The van der Waals surface area contributed by atoms with Crippen LogP contribution in [0.4, 0.5) is 0 Å². The zero-order chi connectivity index (χ0) is 25.3. The van der Waals surface area contributed by atoms with Gasteiger partial charge in [-0.2, -0.15) is 0 Å². The molecular weight excluding hydrogens is 448 g/mol. The zero-order valence-electron chi connectivity index (χ0n) is 18.8. The molecule has 0 radical (unpaired) electrons. The molecule has 0 saturated carbocycles. The van der Waals surface area contributed by atoms with Gasteiger partial charge in [0.2, 0.25) is 11.8 Å². The maximum Gasteiger partial charge on any atom is 0.328 e. The van der Waals surface area contributed by atoms with Crippen LogP contribution in [0.1, 0.15) is 34.6 Å². The summed E-state index contributed by atoms with van der Waals surface area (Å²) in [6.07, 6.45) is -5.31. The lowest BCUT2D eigenvalue weighted by atomic mass is 9.96. The Balaban J connectivity index is 3.31. The summed E-state index contributed by atoms with van der Waals surface area (Å²) in [6, 6.07) is -2.72. The van der Waals surface area contributed by atoms with Crippen molar-refractivity contribution in [1.82, 2.24) is 10.6 Å². The van der Waals surface area contributed by atoms with E-state index in [0.717, 1.165) is 34.6 Å². The maximum atomic E-state index is 11.8. The Hall–Kier alpha value is -3.26. The Kier molecular flexibility index (Phi) is 10.7. The number of nitrogens with one attached hydrogen (secondary N) is 2. The second-order valence-electron chi connectivity index (χ2n) is 7.14. The van der Waals surface area contributed by atoms with E-state index in [1.54, 1.807) is 0 Å². The number of carbonyl (C=O) groups excluding carboxylic acids is 5. The van der Waals surface area contributed by atoms with E-state index in [9.17, 15) is 33.9 Å². The van der Waals surface area contributed by atoms with Crippen LogP contribution in [0.3, 0.4) is 0 Å². The summed E-state index contributed by atoms with van der Waals surface area (Å²) in [7, 11) is 0. The molecule has 1 fully saturated rings. The van der Waals surface area contributed by atoms with Gasteiger partial charge in [0, 0.05) is 34.6 Å². The number of amides is 2. The van der Waals surface area contributed by atoms with Gasteiger partial charge in [0.05, 0.1) is 6.61 Å². The van der Waals surface area contributed by atoms with E-state index in [0.29, 0.717) is 0 Å².